The minimum Gasteiger partial charge on any atom is -0.456 e. The van der Waals surface area contributed by atoms with E-state index < -0.39 is 0 Å². The van der Waals surface area contributed by atoms with Crippen molar-refractivity contribution < 1.29 is 4.42 Å². The highest BCUT2D eigenvalue weighted by molar-refractivity contribution is 7.25. The van der Waals surface area contributed by atoms with Gasteiger partial charge in [0.1, 0.15) is 11.2 Å². The number of furan rings is 1. The van der Waals surface area contributed by atoms with Gasteiger partial charge in [-0.1, -0.05) is 97.1 Å². The molecule has 0 aliphatic heterocycles. The third kappa shape index (κ3) is 3.64. The van der Waals surface area contributed by atoms with Crippen molar-refractivity contribution in [3.63, 3.8) is 0 Å². The van der Waals surface area contributed by atoms with Crippen molar-refractivity contribution in [2.45, 2.75) is 0 Å². The number of nitrogens with zero attached hydrogens (tertiary/aromatic N) is 3. The first-order valence-electron chi connectivity index (χ1n) is 13.9. The van der Waals surface area contributed by atoms with E-state index in [9.17, 15) is 0 Å². The van der Waals surface area contributed by atoms with Crippen LogP contribution in [0.25, 0.3) is 87.0 Å². The zero-order valence-corrected chi connectivity index (χ0v) is 23.1. The van der Waals surface area contributed by atoms with Crippen molar-refractivity contribution in [2.24, 2.45) is 0 Å². The molecule has 6 aromatic carbocycles. The second-order valence-electron chi connectivity index (χ2n) is 10.5. The maximum absolute atomic E-state index is 6.36. The number of hydrogen-bond acceptors (Lipinski definition) is 5. The molecule has 5 heteroatoms. The molecule has 0 saturated carbocycles. The Morgan fingerprint density at radius 3 is 2.05 bits per heavy atom. The number of hydrogen-bond donors (Lipinski definition) is 0. The summed E-state index contributed by atoms with van der Waals surface area (Å²) < 4.78 is 8.85. The third-order valence-electron chi connectivity index (χ3n) is 7.91. The van der Waals surface area contributed by atoms with Gasteiger partial charge in [-0.25, -0.2) is 15.0 Å². The van der Waals surface area contributed by atoms with Gasteiger partial charge in [-0.3, -0.25) is 0 Å². The van der Waals surface area contributed by atoms with Crippen molar-refractivity contribution in [1.29, 1.82) is 0 Å². The molecule has 0 atom stereocenters. The molecule has 0 aliphatic rings. The topological polar surface area (TPSA) is 51.8 Å². The van der Waals surface area contributed by atoms with Crippen LogP contribution in [-0.2, 0) is 0 Å². The molecule has 9 rings (SSSR count). The molecule has 0 amide bonds. The molecule has 3 aromatic heterocycles. The van der Waals surface area contributed by atoms with E-state index in [4.69, 9.17) is 19.4 Å². The molecular weight excluding hydrogens is 534 g/mol. The maximum Gasteiger partial charge on any atom is 0.164 e. The van der Waals surface area contributed by atoms with Crippen LogP contribution in [0.3, 0.4) is 0 Å². The molecule has 42 heavy (non-hydrogen) atoms. The summed E-state index contributed by atoms with van der Waals surface area (Å²) in [5.41, 5.74) is 4.49. The van der Waals surface area contributed by atoms with Crippen molar-refractivity contribution in [3.05, 3.63) is 127 Å². The molecule has 0 spiro atoms. The van der Waals surface area contributed by atoms with Crippen LogP contribution in [0.2, 0.25) is 0 Å². The van der Waals surface area contributed by atoms with Crippen LogP contribution in [0.4, 0.5) is 0 Å². The molecule has 4 nitrogen and oxygen atoms in total. The number of fused-ring (bicyclic) bond motifs is 7. The van der Waals surface area contributed by atoms with Crippen molar-refractivity contribution in [2.75, 3.05) is 0 Å². The van der Waals surface area contributed by atoms with Gasteiger partial charge in [0.25, 0.3) is 0 Å². The van der Waals surface area contributed by atoms with E-state index in [0.29, 0.717) is 17.5 Å². The lowest BCUT2D eigenvalue weighted by Crippen LogP contribution is -2.00. The fourth-order valence-corrected chi connectivity index (χ4v) is 7.05. The Bertz CT molecular complexity index is 2480. The zero-order valence-electron chi connectivity index (χ0n) is 22.3. The monoisotopic (exact) mass is 555 g/mol. The molecule has 0 aliphatic carbocycles. The highest BCUT2D eigenvalue weighted by atomic mass is 32.1. The standard InChI is InChI=1S/C37H21N3OS/c1-2-9-22(10-3-1)35-38-36(25-17-18-27-26-13-6-7-16-32(26)42-33(27)21-25)40-37(39-35)28-14-8-15-30-34(28)29-19-23-11-4-5-12-24(23)20-31(29)41-30/h1-21H. The van der Waals surface area contributed by atoms with Crippen molar-refractivity contribution in [3.8, 4) is 34.2 Å². The van der Waals surface area contributed by atoms with E-state index in [-0.39, 0.29) is 0 Å². The van der Waals surface area contributed by atoms with Crippen LogP contribution >= 0.6 is 11.3 Å². The summed E-state index contributed by atoms with van der Waals surface area (Å²) in [6.45, 7) is 0. The quantitative estimate of drug-likeness (QED) is 0.218. The van der Waals surface area contributed by atoms with Gasteiger partial charge in [0, 0.05) is 47.6 Å². The summed E-state index contributed by atoms with van der Waals surface area (Å²) in [4.78, 5) is 15.1. The molecule has 0 unspecified atom stereocenters. The maximum atomic E-state index is 6.36. The Morgan fingerprint density at radius 2 is 1.17 bits per heavy atom. The molecule has 0 radical (unpaired) electrons. The highest BCUT2D eigenvalue weighted by Gasteiger charge is 2.18. The molecule has 196 valence electrons. The Balaban J connectivity index is 1.30. The van der Waals surface area contributed by atoms with Crippen LogP contribution in [0.1, 0.15) is 0 Å². The summed E-state index contributed by atoms with van der Waals surface area (Å²) in [5, 5.41) is 6.90. The average Bonchev–Trinajstić information content (AvgIpc) is 3.61. The van der Waals surface area contributed by atoms with Crippen molar-refractivity contribution >= 4 is 64.2 Å². The van der Waals surface area contributed by atoms with Gasteiger partial charge >= 0.3 is 0 Å². The first-order valence-corrected chi connectivity index (χ1v) is 14.7. The fourth-order valence-electron chi connectivity index (χ4n) is 5.90. The summed E-state index contributed by atoms with van der Waals surface area (Å²) in [6.07, 6.45) is 0. The predicted octanol–water partition coefficient (Wildman–Crippen LogP) is 10.3. The Morgan fingerprint density at radius 1 is 0.452 bits per heavy atom. The molecule has 0 bridgehead atoms. The fraction of sp³-hybridized carbons (Fsp3) is 0. The summed E-state index contributed by atoms with van der Waals surface area (Å²) in [5.74, 6) is 1.91. The second-order valence-corrected chi connectivity index (χ2v) is 11.5. The summed E-state index contributed by atoms with van der Waals surface area (Å²) >= 11 is 1.79. The molecule has 9 aromatic rings. The van der Waals surface area contributed by atoms with E-state index in [1.54, 1.807) is 11.3 Å². The van der Waals surface area contributed by atoms with Gasteiger partial charge in [0.15, 0.2) is 17.5 Å². The van der Waals surface area contributed by atoms with E-state index in [0.717, 1.165) is 44.0 Å². The van der Waals surface area contributed by atoms with Gasteiger partial charge in [-0.15, -0.1) is 11.3 Å². The molecule has 0 fully saturated rings. The van der Waals surface area contributed by atoms with Crippen LogP contribution < -0.4 is 0 Å². The zero-order chi connectivity index (χ0) is 27.6. The lowest BCUT2D eigenvalue weighted by atomic mass is 10.0. The van der Waals surface area contributed by atoms with E-state index in [1.165, 1.54) is 25.6 Å². The lowest BCUT2D eigenvalue weighted by Gasteiger charge is -2.09. The largest absolute Gasteiger partial charge is 0.456 e. The molecule has 3 heterocycles. The molecule has 0 N–H and O–H groups in total. The van der Waals surface area contributed by atoms with Crippen LogP contribution in [-0.4, -0.2) is 15.0 Å². The number of aromatic nitrogens is 3. The molecule has 0 saturated heterocycles. The second kappa shape index (κ2) is 9.06. The summed E-state index contributed by atoms with van der Waals surface area (Å²) in [6, 6.07) is 43.9. The van der Waals surface area contributed by atoms with Crippen LogP contribution in [0, 0.1) is 0 Å². The van der Waals surface area contributed by atoms with Gasteiger partial charge in [-0.05, 0) is 41.1 Å². The van der Waals surface area contributed by atoms with Gasteiger partial charge in [0.05, 0.1) is 0 Å². The summed E-state index contributed by atoms with van der Waals surface area (Å²) in [7, 11) is 0. The highest BCUT2D eigenvalue weighted by Crippen LogP contribution is 2.39. The van der Waals surface area contributed by atoms with Crippen LogP contribution in [0.5, 0.6) is 0 Å². The minimum atomic E-state index is 0.622. The van der Waals surface area contributed by atoms with E-state index in [2.05, 4.69) is 84.9 Å². The van der Waals surface area contributed by atoms with Gasteiger partial charge < -0.3 is 4.42 Å². The smallest absolute Gasteiger partial charge is 0.164 e. The van der Waals surface area contributed by atoms with E-state index in [1.807, 2.05) is 42.5 Å². The van der Waals surface area contributed by atoms with Crippen molar-refractivity contribution in [1.82, 2.24) is 15.0 Å². The predicted molar refractivity (Wildman–Crippen MR) is 174 cm³/mol. The lowest BCUT2D eigenvalue weighted by molar-refractivity contribution is 0.669. The Hall–Kier alpha value is -5.39. The SMILES string of the molecule is c1ccc(-c2nc(-c3ccc4c(c3)sc3ccccc34)nc(-c3cccc4oc5cc6ccccc6cc5c34)n2)cc1. The number of benzene rings is 6. The Kier molecular flexibility index (Phi) is 5.03. The Labute approximate surface area is 244 Å². The average molecular weight is 556 g/mol. The minimum absolute atomic E-state index is 0.622. The van der Waals surface area contributed by atoms with Gasteiger partial charge in [0.2, 0.25) is 0 Å². The number of thiophene rings is 1. The van der Waals surface area contributed by atoms with Crippen LogP contribution in [0.15, 0.2) is 132 Å². The first-order chi connectivity index (χ1) is 20.8. The first kappa shape index (κ1) is 23.3. The molecular formula is C37H21N3OS. The number of rotatable bonds is 3. The van der Waals surface area contributed by atoms with Gasteiger partial charge in [-0.2, -0.15) is 0 Å². The third-order valence-corrected chi connectivity index (χ3v) is 9.04. The van der Waals surface area contributed by atoms with E-state index >= 15 is 0 Å². The normalized spacial score (nSPS) is 11.8.